The van der Waals surface area contributed by atoms with Gasteiger partial charge >= 0.3 is 0 Å². The maximum Gasteiger partial charge on any atom is 0.253 e. The molecule has 1 heterocycles. The summed E-state index contributed by atoms with van der Waals surface area (Å²) in [6.07, 6.45) is 0.898. The van der Waals surface area contributed by atoms with E-state index in [0.717, 1.165) is 39.1 Å². The van der Waals surface area contributed by atoms with E-state index < -0.39 is 6.04 Å². The third-order valence-electron chi connectivity index (χ3n) is 4.51. The molecule has 0 radical (unpaired) electrons. The lowest BCUT2D eigenvalue weighted by molar-refractivity contribution is -0.123. The van der Waals surface area contributed by atoms with Crippen molar-refractivity contribution in [3.8, 4) is 0 Å². The minimum Gasteiger partial charge on any atom is -0.354 e. The molecule has 0 spiro atoms. The third kappa shape index (κ3) is 7.66. The molecule has 0 bridgehead atoms. The van der Waals surface area contributed by atoms with Crippen molar-refractivity contribution in [3.63, 3.8) is 0 Å². The fourth-order valence-corrected chi connectivity index (χ4v) is 3.18. The molecule has 0 aromatic heterocycles. The molecule has 2 amide bonds. The fraction of sp³-hybridized carbons (Fsp3) is 0.579. The summed E-state index contributed by atoms with van der Waals surface area (Å²) in [5.74, 6) is -0.499. The minimum atomic E-state index is -0.585. The van der Waals surface area contributed by atoms with Crippen LogP contribution in [0.25, 0.3) is 0 Å². The van der Waals surface area contributed by atoms with Crippen LogP contribution in [0.1, 0.15) is 30.6 Å². The molecule has 1 unspecified atom stereocenters. The van der Waals surface area contributed by atoms with Gasteiger partial charge in [-0.25, -0.2) is 0 Å². The number of nitrogens with one attached hydrogen (secondary N) is 3. The fourth-order valence-electron chi connectivity index (χ4n) is 2.96. The summed E-state index contributed by atoms with van der Waals surface area (Å²) in [5, 5.41) is 9.46. The number of carbonyl (C=O) groups is 2. The molecule has 0 saturated carbocycles. The van der Waals surface area contributed by atoms with Crippen molar-refractivity contribution < 1.29 is 9.59 Å². The van der Waals surface area contributed by atoms with E-state index in [4.69, 9.17) is 11.6 Å². The Labute approximate surface area is 172 Å². The molecule has 27 heavy (non-hydrogen) atoms. The van der Waals surface area contributed by atoms with Crippen LogP contribution in [0.5, 0.6) is 0 Å². The SMILES string of the molecule is CC(C)C(NC(=O)c1ccccc1Cl)C(=O)NCCCN1CCNCC1.Cl. The smallest absolute Gasteiger partial charge is 0.253 e. The highest BCUT2D eigenvalue weighted by molar-refractivity contribution is 6.33. The number of carbonyl (C=O) groups excluding carboxylic acids is 2. The maximum atomic E-state index is 12.5. The Kier molecular flexibility index (Phi) is 10.7. The zero-order valence-corrected chi connectivity index (χ0v) is 17.5. The topological polar surface area (TPSA) is 73.5 Å². The van der Waals surface area contributed by atoms with Crippen LogP contribution < -0.4 is 16.0 Å². The van der Waals surface area contributed by atoms with Gasteiger partial charge in [0.25, 0.3) is 5.91 Å². The summed E-state index contributed by atoms with van der Waals surface area (Å²) in [6, 6.07) is 6.25. The Morgan fingerprint density at radius 2 is 1.89 bits per heavy atom. The molecule has 1 aromatic carbocycles. The first-order valence-electron chi connectivity index (χ1n) is 9.25. The van der Waals surface area contributed by atoms with Crippen molar-refractivity contribution in [1.29, 1.82) is 0 Å². The van der Waals surface area contributed by atoms with E-state index in [0.29, 0.717) is 17.1 Å². The molecule has 1 saturated heterocycles. The van der Waals surface area contributed by atoms with Gasteiger partial charge in [0.1, 0.15) is 6.04 Å². The molecule has 0 aliphatic carbocycles. The van der Waals surface area contributed by atoms with E-state index in [1.807, 2.05) is 13.8 Å². The van der Waals surface area contributed by atoms with Gasteiger partial charge in [-0.3, -0.25) is 9.59 Å². The molecule has 8 heteroatoms. The van der Waals surface area contributed by atoms with E-state index in [-0.39, 0.29) is 30.1 Å². The van der Waals surface area contributed by atoms with Crippen molar-refractivity contribution in [1.82, 2.24) is 20.9 Å². The van der Waals surface area contributed by atoms with E-state index >= 15 is 0 Å². The van der Waals surface area contributed by atoms with Crippen LogP contribution in [0.2, 0.25) is 5.02 Å². The zero-order chi connectivity index (χ0) is 18.9. The average Bonchev–Trinajstić information content (AvgIpc) is 2.64. The molecule has 1 fully saturated rings. The summed E-state index contributed by atoms with van der Waals surface area (Å²) < 4.78 is 0. The molecule has 1 aliphatic heterocycles. The Morgan fingerprint density at radius 3 is 2.52 bits per heavy atom. The van der Waals surface area contributed by atoms with Gasteiger partial charge in [-0.1, -0.05) is 37.6 Å². The highest BCUT2D eigenvalue weighted by Gasteiger charge is 2.25. The summed E-state index contributed by atoms with van der Waals surface area (Å²) in [7, 11) is 0. The van der Waals surface area contributed by atoms with E-state index in [2.05, 4.69) is 20.9 Å². The highest BCUT2D eigenvalue weighted by atomic mass is 35.5. The van der Waals surface area contributed by atoms with E-state index in [9.17, 15) is 9.59 Å². The van der Waals surface area contributed by atoms with Gasteiger partial charge in [0, 0.05) is 32.7 Å². The Hall–Kier alpha value is -1.34. The van der Waals surface area contributed by atoms with Gasteiger partial charge in [0.2, 0.25) is 5.91 Å². The number of hydrogen-bond donors (Lipinski definition) is 3. The van der Waals surface area contributed by atoms with Gasteiger partial charge in [-0.05, 0) is 31.0 Å². The Balaban J connectivity index is 0.00000364. The molecule has 2 rings (SSSR count). The number of halogens is 2. The predicted molar refractivity (Wildman–Crippen MR) is 112 cm³/mol. The number of rotatable bonds is 8. The largest absolute Gasteiger partial charge is 0.354 e. The summed E-state index contributed by atoms with van der Waals surface area (Å²) in [6.45, 7) is 9.56. The molecule has 3 N–H and O–H groups in total. The summed E-state index contributed by atoms with van der Waals surface area (Å²) in [4.78, 5) is 27.3. The molecule has 1 atom stereocenters. The molecular formula is C19H30Cl2N4O2. The lowest BCUT2D eigenvalue weighted by Crippen LogP contribution is -2.50. The Bertz CT molecular complexity index is 607. The molecular weight excluding hydrogens is 387 g/mol. The lowest BCUT2D eigenvalue weighted by Gasteiger charge is -2.27. The number of benzene rings is 1. The second kappa shape index (κ2) is 12.2. The van der Waals surface area contributed by atoms with Crippen molar-refractivity contribution in [2.45, 2.75) is 26.3 Å². The van der Waals surface area contributed by atoms with Gasteiger partial charge < -0.3 is 20.9 Å². The maximum absolute atomic E-state index is 12.5. The monoisotopic (exact) mass is 416 g/mol. The molecule has 1 aromatic rings. The predicted octanol–water partition coefficient (Wildman–Crippen LogP) is 1.93. The van der Waals surface area contributed by atoms with Crippen molar-refractivity contribution in [2.24, 2.45) is 5.92 Å². The van der Waals surface area contributed by atoms with Gasteiger partial charge in [-0.15, -0.1) is 12.4 Å². The van der Waals surface area contributed by atoms with Gasteiger partial charge in [-0.2, -0.15) is 0 Å². The first kappa shape index (κ1) is 23.7. The molecule has 152 valence electrons. The number of hydrogen-bond acceptors (Lipinski definition) is 4. The summed E-state index contributed by atoms with van der Waals surface area (Å²) in [5.41, 5.74) is 0.381. The normalized spacial score (nSPS) is 15.7. The van der Waals surface area contributed by atoms with Gasteiger partial charge in [0.05, 0.1) is 10.6 Å². The van der Waals surface area contributed by atoms with Crippen LogP contribution in [-0.2, 0) is 4.79 Å². The van der Waals surface area contributed by atoms with Crippen LogP contribution in [-0.4, -0.2) is 62.0 Å². The lowest BCUT2D eigenvalue weighted by atomic mass is 10.0. The number of piperazine rings is 1. The van der Waals surface area contributed by atoms with Crippen LogP contribution in [0.3, 0.4) is 0 Å². The van der Waals surface area contributed by atoms with Crippen molar-refractivity contribution >= 4 is 35.8 Å². The van der Waals surface area contributed by atoms with Crippen LogP contribution in [0, 0.1) is 5.92 Å². The Morgan fingerprint density at radius 1 is 1.22 bits per heavy atom. The van der Waals surface area contributed by atoms with Crippen molar-refractivity contribution in [3.05, 3.63) is 34.9 Å². The first-order chi connectivity index (χ1) is 12.5. The van der Waals surface area contributed by atoms with Gasteiger partial charge in [0.15, 0.2) is 0 Å². The standard InChI is InChI=1S/C19H29ClN4O2.ClH/c1-14(2)17(23-18(25)15-6-3-4-7-16(15)20)19(26)22-8-5-11-24-12-9-21-10-13-24;/h3-4,6-7,14,17,21H,5,8-13H2,1-2H3,(H,22,26)(H,23,25);1H. The molecule has 6 nitrogen and oxygen atoms in total. The third-order valence-corrected chi connectivity index (χ3v) is 4.84. The second-order valence-corrected chi connectivity index (χ2v) is 7.32. The zero-order valence-electron chi connectivity index (χ0n) is 16.0. The number of amides is 2. The average molecular weight is 417 g/mol. The van der Waals surface area contributed by atoms with Crippen LogP contribution >= 0.6 is 24.0 Å². The molecule has 1 aliphatic rings. The van der Waals surface area contributed by atoms with Crippen molar-refractivity contribution in [2.75, 3.05) is 39.3 Å². The minimum absolute atomic E-state index is 0. The van der Waals surface area contributed by atoms with Crippen LogP contribution in [0.4, 0.5) is 0 Å². The number of nitrogens with zero attached hydrogens (tertiary/aromatic N) is 1. The summed E-state index contributed by atoms with van der Waals surface area (Å²) >= 11 is 6.07. The quantitative estimate of drug-likeness (QED) is 0.566. The second-order valence-electron chi connectivity index (χ2n) is 6.91. The first-order valence-corrected chi connectivity index (χ1v) is 9.63. The van der Waals surface area contributed by atoms with E-state index in [1.54, 1.807) is 24.3 Å². The van der Waals surface area contributed by atoms with Crippen LogP contribution in [0.15, 0.2) is 24.3 Å². The highest BCUT2D eigenvalue weighted by Crippen LogP contribution is 2.15. The van der Waals surface area contributed by atoms with E-state index in [1.165, 1.54) is 0 Å².